The van der Waals surface area contributed by atoms with Crippen LogP contribution in [0.15, 0.2) is 30.5 Å². The molecule has 4 N–H and O–H groups in total. The first-order chi connectivity index (χ1) is 9.72. The highest BCUT2D eigenvalue weighted by Crippen LogP contribution is 2.18. The largest absolute Gasteiger partial charge is 0.361 e. The molecule has 1 aromatic heterocycles. The third kappa shape index (κ3) is 3.40. The molecule has 104 valence electrons. The molecule has 0 aliphatic carbocycles. The van der Waals surface area contributed by atoms with E-state index in [-0.39, 0.29) is 5.91 Å². The van der Waals surface area contributed by atoms with E-state index in [1.54, 1.807) is 6.92 Å². The molecule has 2 rings (SSSR count). The standard InChI is InChI=1S/C16H19N3O/c1-2-3-6-9-18-16(20)14(17)10-12-11-19-15-8-5-4-7-13(12)15/h4-5,7-8,11,14,19H,6,9-10,17H2,1H3,(H,18,20)/t14-/m0/s1. The number of amides is 1. The van der Waals surface area contributed by atoms with E-state index < -0.39 is 6.04 Å². The molecule has 0 aliphatic rings. The summed E-state index contributed by atoms with van der Waals surface area (Å²) in [6.45, 7) is 2.33. The second-order valence-corrected chi connectivity index (χ2v) is 4.64. The van der Waals surface area contributed by atoms with Gasteiger partial charge in [-0.15, -0.1) is 11.8 Å². The Bertz CT molecular complexity index is 648. The van der Waals surface area contributed by atoms with Crippen molar-refractivity contribution in [1.29, 1.82) is 0 Å². The van der Waals surface area contributed by atoms with E-state index in [4.69, 9.17) is 5.73 Å². The van der Waals surface area contributed by atoms with Crippen LogP contribution >= 0.6 is 0 Å². The molecule has 2 aromatic rings. The Morgan fingerprint density at radius 3 is 3.05 bits per heavy atom. The molecule has 0 bridgehead atoms. The fourth-order valence-corrected chi connectivity index (χ4v) is 2.13. The van der Waals surface area contributed by atoms with Crippen LogP contribution in [0.3, 0.4) is 0 Å². The summed E-state index contributed by atoms with van der Waals surface area (Å²) < 4.78 is 0. The molecule has 0 aliphatic heterocycles. The SMILES string of the molecule is CC#CCCNC(=O)[C@@H](N)Cc1c[nH]c2ccccc12. The maximum Gasteiger partial charge on any atom is 0.237 e. The van der Waals surface area contributed by atoms with Gasteiger partial charge in [0.2, 0.25) is 5.91 Å². The van der Waals surface area contributed by atoms with Crippen LogP contribution in [-0.4, -0.2) is 23.5 Å². The predicted octanol–water partition coefficient (Wildman–Crippen LogP) is 1.57. The van der Waals surface area contributed by atoms with Crippen LogP contribution in [0, 0.1) is 11.8 Å². The van der Waals surface area contributed by atoms with Crippen LogP contribution in [0.1, 0.15) is 18.9 Å². The van der Waals surface area contributed by atoms with Crippen LogP contribution < -0.4 is 11.1 Å². The number of aromatic nitrogens is 1. The molecule has 1 atom stereocenters. The Balaban J connectivity index is 1.94. The first-order valence-corrected chi connectivity index (χ1v) is 6.70. The van der Waals surface area contributed by atoms with Crippen molar-refractivity contribution in [1.82, 2.24) is 10.3 Å². The summed E-state index contributed by atoms with van der Waals surface area (Å²) in [4.78, 5) is 15.1. The minimum atomic E-state index is -0.538. The first-order valence-electron chi connectivity index (χ1n) is 6.70. The number of rotatable bonds is 5. The lowest BCUT2D eigenvalue weighted by molar-refractivity contribution is -0.122. The molecule has 0 unspecified atom stereocenters. The first kappa shape index (κ1) is 14.2. The summed E-state index contributed by atoms with van der Waals surface area (Å²) in [5.41, 5.74) is 8.08. The highest BCUT2D eigenvalue weighted by molar-refractivity contribution is 5.86. The van der Waals surface area contributed by atoms with E-state index in [1.165, 1.54) is 0 Å². The predicted molar refractivity (Wildman–Crippen MR) is 81.1 cm³/mol. The summed E-state index contributed by atoms with van der Waals surface area (Å²) in [5.74, 6) is 5.56. The average molecular weight is 269 g/mol. The van der Waals surface area contributed by atoms with E-state index in [0.29, 0.717) is 19.4 Å². The number of nitrogens with one attached hydrogen (secondary N) is 2. The normalized spacial score (nSPS) is 11.7. The van der Waals surface area contributed by atoms with Gasteiger partial charge in [0.1, 0.15) is 0 Å². The second-order valence-electron chi connectivity index (χ2n) is 4.64. The van der Waals surface area contributed by atoms with Crippen molar-refractivity contribution in [3.05, 3.63) is 36.0 Å². The third-order valence-corrected chi connectivity index (χ3v) is 3.18. The number of hydrogen-bond acceptors (Lipinski definition) is 2. The molecular weight excluding hydrogens is 250 g/mol. The number of benzene rings is 1. The molecule has 4 nitrogen and oxygen atoms in total. The highest BCUT2D eigenvalue weighted by atomic mass is 16.2. The van der Waals surface area contributed by atoms with Crippen LogP contribution in [-0.2, 0) is 11.2 Å². The molecule has 1 amide bonds. The van der Waals surface area contributed by atoms with Crippen molar-refractivity contribution in [2.45, 2.75) is 25.8 Å². The summed E-state index contributed by atoms with van der Waals surface area (Å²) in [5, 5.41) is 3.92. The quantitative estimate of drug-likeness (QED) is 0.569. The molecule has 4 heteroatoms. The number of H-pyrrole nitrogens is 1. The summed E-state index contributed by atoms with van der Waals surface area (Å²) >= 11 is 0. The van der Waals surface area contributed by atoms with Crippen LogP contribution in [0.25, 0.3) is 10.9 Å². The zero-order chi connectivity index (χ0) is 14.4. The Hall–Kier alpha value is -2.25. The Morgan fingerprint density at radius 2 is 2.25 bits per heavy atom. The summed E-state index contributed by atoms with van der Waals surface area (Å²) in [6.07, 6.45) is 3.09. The topological polar surface area (TPSA) is 70.9 Å². The highest BCUT2D eigenvalue weighted by Gasteiger charge is 2.15. The Morgan fingerprint density at radius 1 is 1.45 bits per heavy atom. The van der Waals surface area contributed by atoms with E-state index in [2.05, 4.69) is 22.1 Å². The lowest BCUT2D eigenvalue weighted by Gasteiger charge is -2.11. The number of fused-ring (bicyclic) bond motifs is 1. The molecular formula is C16H19N3O. The van der Waals surface area contributed by atoms with Crippen LogP contribution in [0.4, 0.5) is 0 Å². The third-order valence-electron chi connectivity index (χ3n) is 3.18. The number of carbonyl (C=O) groups is 1. The molecule has 0 fully saturated rings. The van der Waals surface area contributed by atoms with Crippen molar-refractivity contribution in [2.75, 3.05) is 6.54 Å². The number of carbonyl (C=O) groups excluding carboxylic acids is 1. The molecule has 0 saturated heterocycles. The fourth-order valence-electron chi connectivity index (χ4n) is 2.13. The van der Waals surface area contributed by atoms with E-state index in [9.17, 15) is 4.79 Å². The minimum absolute atomic E-state index is 0.131. The van der Waals surface area contributed by atoms with E-state index in [1.807, 2.05) is 30.5 Å². The van der Waals surface area contributed by atoms with Gasteiger partial charge in [-0.05, 0) is 25.0 Å². The zero-order valence-corrected chi connectivity index (χ0v) is 11.6. The lowest BCUT2D eigenvalue weighted by atomic mass is 10.1. The summed E-state index contributed by atoms with van der Waals surface area (Å²) in [7, 11) is 0. The zero-order valence-electron chi connectivity index (χ0n) is 11.6. The van der Waals surface area contributed by atoms with Crippen molar-refractivity contribution in [3.8, 4) is 11.8 Å². The van der Waals surface area contributed by atoms with Crippen molar-refractivity contribution in [2.24, 2.45) is 5.73 Å². The summed E-state index contributed by atoms with van der Waals surface area (Å²) in [6, 6.07) is 7.46. The van der Waals surface area contributed by atoms with Gasteiger partial charge < -0.3 is 16.0 Å². The molecule has 1 heterocycles. The Kier molecular flexibility index (Phi) is 4.80. The van der Waals surface area contributed by atoms with E-state index in [0.717, 1.165) is 16.5 Å². The molecule has 1 aromatic carbocycles. The van der Waals surface area contributed by atoms with Gasteiger partial charge in [0.05, 0.1) is 6.04 Å². The fraction of sp³-hybridized carbons (Fsp3) is 0.312. The van der Waals surface area contributed by atoms with Gasteiger partial charge in [-0.3, -0.25) is 4.79 Å². The van der Waals surface area contributed by atoms with Gasteiger partial charge in [-0.1, -0.05) is 18.2 Å². The van der Waals surface area contributed by atoms with Gasteiger partial charge in [-0.2, -0.15) is 0 Å². The smallest absolute Gasteiger partial charge is 0.237 e. The van der Waals surface area contributed by atoms with E-state index >= 15 is 0 Å². The van der Waals surface area contributed by atoms with Crippen molar-refractivity contribution in [3.63, 3.8) is 0 Å². The van der Waals surface area contributed by atoms with Gasteiger partial charge >= 0.3 is 0 Å². The Labute approximate surface area is 118 Å². The van der Waals surface area contributed by atoms with Gasteiger partial charge in [-0.25, -0.2) is 0 Å². The van der Waals surface area contributed by atoms with Gasteiger partial charge in [0.25, 0.3) is 0 Å². The average Bonchev–Trinajstić information content (AvgIpc) is 2.87. The number of aromatic amines is 1. The molecule has 0 radical (unpaired) electrons. The monoisotopic (exact) mass is 269 g/mol. The van der Waals surface area contributed by atoms with Crippen LogP contribution in [0.5, 0.6) is 0 Å². The maximum absolute atomic E-state index is 11.9. The number of para-hydroxylation sites is 1. The van der Waals surface area contributed by atoms with Crippen molar-refractivity contribution < 1.29 is 4.79 Å². The number of hydrogen-bond donors (Lipinski definition) is 3. The minimum Gasteiger partial charge on any atom is -0.361 e. The molecule has 20 heavy (non-hydrogen) atoms. The molecule has 0 spiro atoms. The second kappa shape index (κ2) is 6.78. The maximum atomic E-state index is 11.9. The van der Waals surface area contributed by atoms with Gasteiger partial charge in [0, 0.05) is 30.1 Å². The molecule has 0 saturated carbocycles. The lowest BCUT2D eigenvalue weighted by Crippen LogP contribution is -2.42. The number of nitrogens with two attached hydrogens (primary N) is 1. The van der Waals surface area contributed by atoms with Crippen molar-refractivity contribution >= 4 is 16.8 Å². The van der Waals surface area contributed by atoms with Crippen LogP contribution in [0.2, 0.25) is 0 Å². The van der Waals surface area contributed by atoms with Gasteiger partial charge in [0.15, 0.2) is 0 Å².